The molecule has 8 heteroatoms. The van der Waals surface area contributed by atoms with Crippen molar-refractivity contribution in [3.05, 3.63) is 54.1 Å². The van der Waals surface area contributed by atoms with Gasteiger partial charge >= 0.3 is 12.1 Å². The van der Waals surface area contributed by atoms with E-state index in [0.29, 0.717) is 5.75 Å². The minimum Gasteiger partial charge on any atom is -0.496 e. The summed E-state index contributed by atoms with van der Waals surface area (Å²) in [6.07, 6.45) is -5.03. The fourth-order valence-electron chi connectivity index (χ4n) is 1.92. The van der Waals surface area contributed by atoms with Gasteiger partial charge in [-0.15, -0.1) is 0 Å². The maximum atomic E-state index is 12.4. The van der Waals surface area contributed by atoms with Crippen LogP contribution in [-0.2, 0) is 4.79 Å². The van der Waals surface area contributed by atoms with Crippen LogP contribution in [0.5, 0.6) is 5.75 Å². The Hall–Kier alpha value is -3.03. The molecular weight excluding hydrogens is 325 g/mol. The Morgan fingerprint density at radius 2 is 1.46 bits per heavy atom. The molecule has 0 aliphatic heterocycles. The molecule has 5 nitrogen and oxygen atoms in total. The monoisotopic (exact) mass is 338 g/mol. The van der Waals surface area contributed by atoms with Crippen LogP contribution in [0.2, 0.25) is 0 Å². The summed E-state index contributed by atoms with van der Waals surface area (Å²) in [6.45, 7) is 0. The third-order valence-electron chi connectivity index (χ3n) is 3.03. The molecule has 0 saturated heterocycles. The highest BCUT2D eigenvalue weighted by Gasteiger charge is 2.39. The Balaban J connectivity index is 2.24. The molecule has 0 heterocycles. The van der Waals surface area contributed by atoms with E-state index in [2.05, 4.69) is 5.32 Å². The van der Waals surface area contributed by atoms with Crippen LogP contribution in [0, 0.1) is 0 Å². The number of hydrogen-bond acceptors (Lipinski definition) is 3. The fourth-order valence-corrected chi connectivity index (χ4v) is 1.92. The minimum absolute atomic E-state index is 0.0333. The summed E-state index contributed by atoms with van der Waals surface area (Å²) in [5.74, 6) is -2.39. The minimum atomic E-state index is -5.03. The van der Waals surface area contributed by atoms with E-state index in [-0.39, 0.29) is 16.9 Å². The fraction of sp³-hybridized carbons (Fsp3) is 0.125. The summed E-state index contributed by atoms with van der Waals surface area (Å²) in [5.41, 5.74) is 0.0750. The Labute approximate surface area is 135 Å². The quantitative estimate of drug-likeness (QED) is 0.897. The second-order valence-electron chi connectivity index (χ2n) is 4.65. The summed E-state index contributed by atoms with van der Waals surface area (Å²) in [7, 11) is 1.39. The van der Waals surface area contributed by atoms with Gasteiger partial charge in [0.15, 0.2) is 0 Å². The van der Waals surface area contributed by atoms with Crippen molar-refractivity contribution >= 4 is 23.2 Å². The zero-order chi connectivity index (χ0) is 17.7. The molecule has 2 rings (SSSR count). The lowest BCUT2D eigenvalue weighted by Gasteiger charge is -2.14. The molecule has 0 atom stereocenters. The molecule has 0 saturated carbocycles. The van der Waals surface area contributed by atoms with E-state index in [1.807, 2.05) is 0 Å². The van der Waals surface area contributed by atoms with Gasteiger partial charge < -0.3 is 15.4 Å². The highest BCUT2D eigenvalue weighted by atomic mass is 19.4. The lowest BCUT2D eigenvalue weighted by molar-refractivity contribution is -0.167. The highest BCUT2D eigenvalue weighted by Crippen LogP contribution is 2.26. The second kappa shape index (κ2) is 7.03. The van der Waals surface area contributed by atoms with Gasteiger partial charge in [0.2, 0.25) is 0 Å². The average Bonchev–Trinajstić information content (AvgIpc) is 2.55. The standard InChI is InChI=1S/C16H13F3N2O3/c1-24-13-9-5-2-6-10(13)14(22)20-11-7-3-4-8-12(11)21-15(23)16(17,18)19/h2-9H,1H3,(H,20,22)(H,21,23). The number of amides is 2. The van der Waals surface area contributed by atoms with Crippen LogP contribution in [0.3, 0.4) is 0 Å². The van der Waals surface area contributed by atoms with Crippen molar-refractivity contribution in [2.75, 3.05) is 17.7 Å². The summed E-state index contributed by atoms with van der Waals surface area (Å²) in [5, 5.41) is 4.18. The molecule has 2 N–H and O–H groups in total. The number of alkyl halides is 3. The van der Waals surface area contributed by atoms with E-state index in [1.165, 1.54) is 37.4 Å². The average molecular weight is 338 g/mol. The molecule has 0 bridgehead atoms. The van der Waals surface area contributed by atoms with Gasteiger partial charge in [-0.05, 0) is 24.3 Å². The van der Waals surface area contributed by atoms with Gasteiger partial charge in [-0.1, -0.05) is 24.3 Å². The number of halogens is 3. The van der Waals surface area contributed by atoms with Crippen molar-refractivity contribution < 1.29 is 27.5 Å². The lowest BCUT2D eigenvalue weighted by Crippen LogP contribution is -2.30. The molecular formula is C16H13F3N2O3. The number of anilines is 2. The first-order valence-electron chi connectivity index (χ1n) is 6.74. The van der Waals surface area contributed by atoms with Crippen LogP contribution in [0.25, 0.3) is 0 Å². The van der Waals surface area contributed by atoms with E-state index in [0.717, 1.165) is 0 Å². The number of nitrogens with one attached hydrogen (secondary N) is 2. The summed E-state index contributed by atoms with van der Waals surface area (Å²) < 4.78 is 42.2. The van der Waals surface area contributed by atoms with Crippen molar-refractivity contribution in [3.63, 3.8) is 0 Å². The number of ether oxygens (including phenoxy) is 1. The normalized spacial score (nSPS) is 10.8. The van der Waals surface area contributed by atoms with E-state index in [4.69, 9.17) is 4.74 Å². The number of methoxy groups -OCH3 is 1. The first-order valence-corrected chi connectivity index (χ1v) is 6.74. The van der Waals surface area contributed by atoms with Crippen molar-refractivity contribution in [3.8, 4) is 5.75 Å². The van der Waals surface area contributed by atoms with Gasteiger partial charge in [-0.25, -0.2) is 0 Å². The van der Waals surface area contributed by atoms with Crippen LogP contribution in [0.1, 0.15) is 10.4 Å². The smallest absolute Gasteiger partial charge is 0.471 e. The predicted octanol–water partition coefficient (Wildman–Crippen LogP) is 3.45. The number of carbonyl (C=O) groups excluding carboxylic acids is 2. The molecule has 2 aromatic carbocycles. The van der Waals surface area contributed by atoms with Crippen molar-refractivity contribution in [2.45, 2.75) is 6.18 Å². The molecule has 0 spiro atoms. The molecule has 2 aromatic rings. The van der Waals surface area contributed by atoms with E-state index >= 15 is 0 Å². The molecule has 0 aromatic heterocycles. The second-order valence-corrected chi connectivity index (χ2v) is 4.65. The highest BCUT2D eigenvalue weighted by molar-refractivity contribution is 6.09. The van der Waals surface area contributed by atoms with Crippen molar-refractivity contribution in [1.82, 2.24) is 0 Å². The third-order valence-corrected chi connectivity index (χ3v) is 3.03. The zero-order valence-corrected chi connectivity index (χ0v) is 12.5. The van der Waals surface area contributed by atoms with Crippen LogP contribution in [-0.4, -0.2) is 25.1 Å². The molecule has 0 unspecified atom stereocenters. The number of benzene rings is 2. The largest absolute Gasteiger partial charge is 0.496 e. The van der Waals surface area contributed by atoms with Gasteiger partial charge in [-0.2, -0.15) is 13.2 Å². The number of rotatable bonds is 4. The van der Waals surface area contributed by atoms with Crippen LogP contribution in [0.15, 0.2) is 48.5 Å². The number of carbonyl (C=O) groups is 2. The molecule has 0 aliphatic rings. The summed E-state index contributed by atoms with van der Waals surface area (Å²) in [6, 6.07) is 12.0. The van der Waals surface area contributed by atoms with Gasteiger partial charge in [0.05, 0.1) is 24.0 Å². The van der Waals surface area contributed by atoms with Crippen molar-refractivity contribution in [1.29, 1.82) is 0 Å². The number of hydrogen-bond donors (Lipinski definition) is 2. The zero-order valence-electron chi connectivity index (χ0n) is 12.5. The third kappa shape index (κ3) is 4.03. The molecule has 0 radical (unpaired) electrons. The van der Waals surface area contributed by atoms with Gasteiger partial charge in [0, 0.05) is 0 Å². The van der Waals surface area contributed by atoms with E-state index < -0.39 is 18.0 Å². The molecule has 2 amide bonds. The summed E-state index contributed by atoms with van der Waals surface area (Å²) >= 11 is 0. The molecule has 0 aliphatic carbocycles. The molecule has 126 valence electrons. The Morgan fingerprint density at radius 1 is 0.917 bits per heavy atom. The predicted molar refractivity (Wildman–Crippen MR) is 82.1 cm³/mol. The van der Waals surface area contributed by atoms with Crippen LogP contribution >= 0.6 is 0 Å². The van der Waals surface area contributed by atoms with Crippen LogP contribution in [0.4, 0.5) is 24.5 Å². The van der Waals surface area contributed by atoms with Gasteiger partial charge in [0.25, 0.3) is 5.91 Å². The SMILES string of the molecule is COc1ccccc1C(=O)Nc1ccccc1NC(=O)C(F)(F)F. The van der Waals surface area contributed by atoms with Crippen LogP contribution < -0.4 is 15.4 Å². The maximum Gasteiger partial charge on any atom is 0.471 e. The Bertz CT molecular complexity index is 760. The molecule has 24 heavy (non-hydrogen) atoms. The molecule has 0 fully saturated rings. The van der Waals surface area contributed by atoms with E-state index in [9.17, 15) is 22.8 Å². The first kappa shape index (κ1) is 17.3. The summed E-state index contributed by atoms with van der Waals surface area (Å²) in [4.78, 5) is 23.4. The lowest BCUT2D eigenvalue weighted by atomic mass is 10.1. The van der Waals surface area contributed by atoms with E-state index in [1.54, 1.807) is 23.5 Å². The van der Waals surface area contributed by atoms with Gasteiger partial charge in [0.1, 0.15) is 5.75 Å². The Morgan fingerprint density at radius 3 is 2.04 bits per heavy atom. The van der Waals surface area contributed by atoms with Gasteiger partial charge in [-0.3, -0.25) is 9.59 Å². The maximum absolute atomic E-state index is 12.4. The van der Waals surface area contributed by atoms with Crippen molar-refractivity contribution in [2.24, 2.45) is 0 Å². The first-order chi connectivity index (χ1) is 11.3. The topological polar surface area (TPSA) is 67.4 Å². The Kier molecular flexibility index (Phi) is 5.08. The number of para-hydroxylation sites is 3.